The number of hydrogen-bond acceptors (Lipinski definition) is 5. The zero-order valence-corrected chi connectivity index (χ0v) is 19.4. The first-order chi connectivity index (χ1) is 15.1. The van der Waals surface area contributed by atoms with E-state index < -0.39 is 15.6 Å². The van der Waals surface area contributed by atoms with E-state index in [0.29, 0.717) is 37.6 Å². The van der Waals surface area contributed by atoms with Crippen LogP contribution in [0.1, 0.15) is 19.4 Å². The summed E-state index contributed by atoms with van der Waals surface area (Å²) in [6.07, 6.45) is 0. The third-order valence-corrected chi connectivity index (χ3v) is 8.02. The van der Waals surface area contributed by atoms with Crippen LogP contribution in [0.15, 0.2) is 53.4 Å². The Morgan fingerprint density at radius 1 is 1.00 bits per heavy atom. The van der Waals surface area contributed by atoms with E-state index in [2.05, 4.69) is 5.32 Å². The lowest BCUT2D eigenvalue weighted by Crippen LogP contribution is -2.61. The van der Waals surface area contributed by atoms with Crippen molar-refractivity contribution >= 4 is 33.2 Å². The van der Waals surface area contributed by atoms with E-state index in [9.17, 15) is 18.0 Å². The van der Waals surface area contributed by atoms with Crippen LogP contribution in [0.3, 0.4) is 0 Å². The number of benzene rings is 2. The number of nitrogens with one attached hydrogen (secondary N) is 1. The molecule has 2 aliphatic heterocycles. The predicted octanol–water partition coefficient (Wildman–Crippen LogP) is 2.07. The Bertz CT molecular complexity index is 1140. The van der Waals surface area contributed by atoms with Crippen molar-refractivity contribution in [2.75, 3.05) is 42.9 Å². The van der Waals surface area contributed by atoms with Crippen LogP contribution >= 0.6 is 0 Å². The number of hydrogen-bond donors (Lipinski definition) is 1. The molecule has 0 spiro atoms. The molecule has 0 saturated carbocycles. The molecule has 2 aromatic carbocycles. The van der Waals surface area contributed by atoms with E-state index in [1.807, 2.05) is 30.0 Å². The molecule has 1 N–H and O–H groups in total. The summed E-state index contributed by atoms with van der Waals surface area (Å²) >= 11 is 0. The minimum atomic E-state index is -3.56. The highest BCUT2D eigenvalue weighted by Crippen LogP contribution is 2.36. The average molecular weight is 457 g/mol. The summed E-state index contributed by atoms with van der Waals surface area (Å²) in [5.41, 5.74) is 1.26. The van der Waals surface area contributed by atoms with E-state index >= 15 is 0 Å². The van der Waals surface area contributed by atoms with Crippen LogP contribution in [-0.2, 0) is 19.6 Å². The van der Waals surface area contributed by atoms with Gasteiger partial charge in [-0.05, 0) is 45.0 Å². The van der Waals surface area contributed by atoms with Crippen molar-refractivity contribution in [1.82, 2.24) is 9.21 Å². The molecular formula is C23H28N4O4S. The van der Waals surface area contributed by atoms with Gasteiger partial charge in [0.2, 0.25) is 21.8 Å². The number of rotatable bonds is 4. The summed E-state index contributed by atoms with van der Waals surface area (Å²) in [7, 11) is -3.56. The second kappa shape index (κ2) is 8.31. The predicted molar refractivity (Wildman–Crippen MR) is 123 cm³/mol. The molecule has 0 aliphatic carbocycles. The highest BCUT2D eigenvalue weighted by molar-refractivity contribution is 7.89. The number of fused-ring (bicyclic) bond motifs is 1. The Labute approximate surface area is 188 Å². The van der Waals surface area contributed by atoms with Gasteiger partial charge in [0, 0.05) is 26.2 Å². The van der Waals surface area contributed by atoms with Gasteiger partial charge >= 0.3 is 0 Å². The molecule has 2 heterocycles. The van der Waals surface area contributed by atoms with Crippen LogP contribution in [0, 0.1) is 6.92 Å². The standard InChI is InChI=1S/C23H28N4O4S/c1-17-8-10-18(11-9-17)32(30,31)26-14-12-25(13-15-26)16-21(28)27-20-7-5-4-6-19(20)24-22(29)23(27,2)3/h4-11H,12-16H2,1-3H3,(H,24,29). The molecule has 0 radical (unpaired) electrons. The van der Waals surface area contributed by atoms with E-state index in [-0.39, 0.29) is 23.3 Å². The van der Waals surface area contributed by atoms with Crippen molar-refractivity contribution < 1.29 is 18.0 Å². The van der Waals surface area contributed by atoms with Crippen molar-refractivity contribution in [1.29, 1.82) is 0 Å². The van der Waals surface area contributed by atoms with Crippen molar-refractivity contribution in [3.05, 3.63) is 54.1 Å². The highest BCUT2D eigenvalue weighted by atomic mass is 32.2. The molecule has 170 valence electrons. The van der Waals surface area contributed by atoms with Crippen molar-refractivity contribution in [3.63, 3.8) is 0 Å². The van der Waals surface area contributed by atoms with Gasteiger partial charge in [-0.15, -0.1) is 0 Å². The first-order valence-electron chi connectivity index (χ1n) is 10.6. The van der Waals surface area contributed by atoms with Gasteiger partial charge in [0.25, 0.3) is 0 Å². The summed E-state index contributed by atoms with van der Waals surface area (Å²) in [5, 5.41) is 2.86. The van der Waals surface area contributed by atoms with Gasteiger partial charge in [-0.25, -0.2) is 8.42 Å². The van der Waals surface area contributed by atoms with Crippen LogP contribution in [0.4, 0.5) is 11.4 Å². The van der Waals surface area contributed by atoms with E-state index in [1.165, 1.54) is 4.31 Å². The number of piperazine rings is 1. The number of nitrogens with zero attached hydrogens (tertiary/aromatic N) is 3. The fraction of sp³-hybridized carbons (Fsp3) is 0.391. The average Bonchev–Trinajstić information content (AvgIpc) is 2.75. The normalized spacial score (nSPS) is 19.3. The number of aryl methyl sites for hydroxylation is 1. The lowest BCUT2D eigenvalue weighted by molar-refractivity contribution is -0.127. The topological polar surface area (TPSA) is 90.0 Å². The molecule has 32 heavy (non-hydrogen) atoms. The minimum Gasteiger partial charge on any atom is -0.322 e. The lowest BCUT2D eigenvalue weighted by Gasteiger charge is -2.43. The number of carbonyl (C=O) groups excluding carboxylic acids is 2. The second-order valence-corrected chi connectivity index (χ2v) is 10.7. The summed E-state index contributed by atoms with van der Waals surface area (Å²) in [6, 6.07) is 14.1. The number of anilines is 2. The summed E-state index contributed by atoms with van der Waals surface area (Å²) in [4.78, 5) is 29.7. The van der Waals surface area contributed by atoms with E-state index in [4.69, 9.17) is 0 Å². The molecule has 2 amide bonds. The maximum Gasteiger partial charge on any atom is 0.250 e. The molecule has 2 aliphatic rings. The summed E-state index contributed by atoms with van der Waals surface area (Å²) in [6.45, 7) is 6.98. The van der Waals surface area contributed by atoms with Gasteiger partial charge in [0.15, 0.2) is 0 Å². The molecular weight excluding hydrogens is 428 g/mol. The van der Waals surface area contributed by atoms with Crippen molar-refractivity contribution in [3.8, 4) is 0 Å². The molecule has 0 unspecified atom stereocenters. The fourth-order valence-corrected chi connectivity index (χ4v) is 5.57. The Morgan fingerprint density at radius 2 is 1.62 bits per heavy atom. The Hall–Kier alpha value is -2.75. The maximum absolute atomic E-state index is 13.3. The zero-order valence-electron chi connectivity index (χ0n) is 18.5. The van der Waals surface area contributed by atoms with Crippen LogP contribution < -0.4 is 10.2 Å². The van der Waals surface area contributed by atoms with Gasteiger partial charge in [0.1, 0.15) is 5.54 Å². The highest BCUT2D eigenvalue weighted by Gasteiger charge is 2.44. The van der Waals surface area contributed by atoms with Gasteiger partial charge in [-0.1, -0.05) is 29.8 Å². The molecule has 4 rings (SSSR count). The van der Waals surface area contributed by atoms with Crippen LogP contribution in [-0.4, -0.2) is 67.7 Å². The molecule has 1 saturated heterocycles. The third-order valence-electron chi connectivity index (χ3n) is 6.11. The summed E-state index contributed by atoms with van der Waals surface area (Å²) in [5.74, 6) is -0.425. The lowest BCUT2D eigenvalue weighted by atomic mass is 9.96. The fourth-order valence-electron chi connectivity index (χ4n) is 4.15. The quantitative estimate of drug-likeness (QED) is 0.761. The monoisotopic (exact) mass is 456 g/mol. The molecule has 8 nitrogen and oxygen atoms in total. The van der Waals surface area contributed by atoms with Crippen molar-refractivity contribution in [2.24, 2.45) is 0 Å². The second-order valence-electron chi connectivity index (χ2n) is 8.75. The SMILES string of the molecule is Cc1ccc(S(=O)(=O)N2CCN(CC(=O)N3c4ccccc4NC(=O)C3(C)C)CC2)cc1. The molecule has 2 aromatic rings. The Kier molecular flexibility index (Phi) is 5.83. The zero-order chi connectivity index (χ0) is 23.1. The number of carbonyl (C=O) groups is 2. The minimum absolute atomic E-state index is 0.115. The Balaban J connectivity index is 1.45. The van der Waals surface area contributed by atoms with Crippen LogP contribution in [0.25, 0.3) is 0 Å². The van der Waals surface area contributed by atoms with E-state index in [1.54, 1.807) is 49.1 Å². The van der Waals surface area contributed by atoms with E-state index in [0.717, 1.165) is 5.56 Å². The van der Waals surface area contributed by atoms with Crippen molar-refractivity contribution in [2.45, 2.75) is 31.2 Å². The number of sulfonamides is 1. The molecule has 0 atom stereocenters. The van der Waals surface area contributed by atoms with Crippen LogP contribution in [0.2, 0.25) is 0 Å². The summed E-state index contributed by atoms with van der Waals surface area (Å²) < 4.78 is 27.3. The van der Waals surface area contributed by atoms with Gasteiger partial charge in [-0.3, -0.25) is 19.4 Å². The molecule has 0 aromatic heterocycles. The number of amides is 2. The molecule has 1 fully saturated rings. The molecule has 0 bridgehead atoms. The molecule has 9 heteroatoms. The smallest absolute Gasteiger partial charge is 0.250 e. The number of para-hydroxylation sites is 2. The largest absolute Gasteiger partial charge is 0.322 e. The van der Waals surface area contributed by atoms with Gasteiger partial charge in [-0.2, -0.15) is 4.31 Å². The van der Waals surface area contributed by atoms with Gasteiger partial charge in [0.05, 0.1) is 22.8 Å². The first kappa shape index (κ1) is 22.4. The Morgan fingerprint density at radius 3 is 2.28 bits per heavy atom. The third kappa shape index (κ3) is 4.03. The van der Waals surface area contributed by atoms with Crippen LogP contribution in [0.5, 0.6) is 0 Å². The first-order valence-corrected chi connectivity index (χ1v) is 12.1. The maximum atomic E-state index is 13.3. The van der Waals surface area contributed by atoms with Gasteiger partial charge < -0.3 is 5.32 Å².